The Labute approximate surface area is 114 Å². The van der Waals surface area contributed by atoms with E-state index in [2.05, 4.69) is 11.4 Å². The lowest BCUT2D eigenvalue weighted by atomic mass is 9.99. The maximum absolute atomic E-state index is 12.3. The van der Waals surface area contributed by atoms with Crippen LogP contribution in [-0.4, -0.2) is 25.5 Å². The maximum atomic E-state index is 12.3. The highest BCUT2D eigenvalue weighted by atomic mass is 16.1. The first-order chi connectivity index (χ1) is 9.06. The van der Waals surface area contributed by atoms with Crippen LogP contribution in [0.3, 0.4) is 0 Å². The summed E-state index contributed by atoms with van der Waals surface area (Å²) in [5.74, 6) is -0.160. The van der Waals surface area contributed by atoms with Gasteiger partial charge in [0.1, 0.15) is 5.54 Å². The Morgan fingerprint density at radius 3 is 2.63 bits per heavy atom. The monoisotopic (exact) mass is 257 g/mol. The van der Waals surface area contributed by atoms with Crippen LogP contribution in [0.1, 0.15) is 36.0 Å². The van der Waals surface area contributed by atoms with Crippen LogP contribution in [0.4, 0.5) is 5.69 Å². The Bertz CT molecular complexity index is 510. The number of rotatable bonds is 3. The van der Waals surface area contributed by atoms with E-state index in [0.717, 1.165) is 31.4 Å². The lowest BCUT2D eigenvalue weighted by molar-refractivity contribution is 0.0920. The molecule has 0 atom stereocenters. The van der Waals surface area contributed by atoms with Gasteiger partial charge in [0, 0.05) is 25.3 Å². The highest BCUT2D eigenvalue weighted by Gasteiger charge is 2.35. The quantitative estimate of drug-likeness (QED) is 0.904. The van der Waals surface area contributed by atoms with Crippen molar-refractivity contribution in [1.29, 1.82) is 5.26 Å². The highest BCUT2D eigenvalue weighted by molar-refractivity contribution is 5.95. The van der Waals surface area contributed by atoms with Gasteiger partial charge in [0.2, 0.25) is 0 Å². The largest absolute Gasteiger partial charge is 0.378 e. The molecule has 1 aromatic carbocycles. The average molecular weight is 257 g/mol. The summed E-state index contributed by atoms with van der Waals surface area (Å²) >= 11 is 0. The molecule has 19 heavy (non-hydrogen) atoms. The zero-order valence-corrected chi connectivity index (χ0v) is 11.4. The molecule has 100 valence electrons. The van der Waals surface area contributed by atoms with Gasteiger partial charge in [-0.2, -0.15) is 5.26 Å². The van der Waals surface area contributed by atoms with E-state index in [-0.39, 0.29) is 5.91 Å². The van der Waals surface area contributed by atoms with Crippen LogP contribution in [0, 0.1) is 11.3 Å². The molecular formula is C15H19N3O. The lowest BCUT2D eigenvalue weighted by Crippen LogP contribution is -2.45. The van der Waals surface area contributed by atoms with Gasteiger partial charge in [-0.25, -0.2) is 0 Å². The molecule has 1 N–H and O–H groups in total. The van der Waals surface area contributed by atoms with Crippen molar-refractivity contribution in [2.24, 2.45) is 0 Å². The summed E-state index contributed by atoms with van der Waals surface area (Å²) in [6, 6.07) is 9.71. The van der Waals surface area contributed by atoms with Gasteiger partial charge in [-0.15, -0.1) is 0 Å². The van der Waals surface area contributed by atoms with Gasteiger partial charge in [-0.1, -0.05) is 6.07 Å². The topological polar surface area (TPSA) is 56.1 Å². The molecule has 0 bridgehead atoms. The van der Waals surface area contributed by atoms with Crippen LogP contribution in [0.5, 0.6) is 0 Å². The normalized spacial score (nSPS) is 16.7. The van der Waals surface area contributed by atoms with Gasteiger partial charge in [-0.3, -0.25) is 4.79 Å². The summed E-state index contributed by atoms with van der Waals surface area (Å²) < 4.78 is 0. The summed E-state index contributed by atoms with van der Waals surface area (Å²) in [4.78, 5) is 14.2. The Morgan fingerprint density at radius 2 is 2.05 bits per heavy atom. The second-order valence-electron chi connectivity index (χ2n) is 5.30. The van der Waals surface area contributed by atoms with E-state index >= 15 is 0 Å². The van der Waals surface area contributed by atoms with Crippen molar-refractivity contribution in [3.05, 3.63) is 29.8 Å². The molecule has 0 aliphatic heterocycles. The fourth-order valence-corrected chi connectivity index (χ4v) is 2.46. The average Bonchev–Trinajstić information content (AvgIpc) is 2.88. The molecule has 4 heteroatoms. The van der Waals surface area contributed by atoms with Crippen molar-refractivity contribution in [3.63, 3.8) is 0 Å². The summed E-state index contributed by atoms with van der Waals surface area (Å²) in [5.41, 5.74) is 0.920. The molecule has 0 saturated heterocycles. The molecular weight excluding hydrogens is 238 g/mol. The van der Waals surface area contributed by atoms with Crippen molar-refractivity contribution < 1.29 is 4.79 Å². The maximum Gasteiger partial charge on any atom is 0.252 e. The van der Waals surface area contributed by atoms with Gasteiger partial charge in [0.15, 0.2) is 0 Å². The number of carbonyl (C=O) groups excluding carboxylic acids is 1. The summed E-state index contributed by atoms with van der Waals surface area (Å²) in [6.45, 7) is 0. The minimum Gasteiger partial charge on any atom is -0.378 e. The van der Waals surface area contributed by atoms with Crippen molar-refractivity contribution in [1.82, 2.24) is 5.32 Å². The number of nitrogens with zero attached hydrogens (tertiary/aromatic N) is 2. The third-order valence-corrected chi connectivity index (χ3v) is 3.65. The summed E-state index contributed by atoms with van der Waals surface area (Å²) in [5, 5.41) is 12.2. The van der Waals surface area contributed by atoms with E-state index in [4.69, 9.17) is 0 Å². The smallest absolute Gasteiger partial charge is 0.252 e. The van der Waals surface area contributed by atoms with Crippen LogP contribution in [0.25, 0.3) is 0 Å². The van der Waals surface area contributed by atoms with E-state index in [0.29, 0.717) is 5.56 Å². The molecule has 1 saturated carbocycles. The number of anilines is 1. The number of benzene rings is 1. The van der Waals surface area contributed by atoms with Crippen molar-refractivity contribution in [3.8, 4) is 6.07 Å². The third kappa shape index (κ3) is 2.87. The number of nitrogens with one attached hydrogen (secondary N) is 1. The van der Waals surface area contributed by atoms with Crippen LogP contribution < -0.4 is 10.2 Å². The number of amides is 1. The third-order valence-electron chi connectivity index (χ3n) is 3.65. The Balaban J connectivity index is 2.16. The Hall–Kier alpha value is -2.02. The first-order valence-electron chi connectivity index (χ1n) is 6.57. The molecule has 0 radical (unpaired) electrons. The molecule has 4 nitrogen and oxygen atoms in total. The molecule has 1 aromatic rings. The molecule has 0 aromatic heterocycles. The Morgan fingerprint density at radius 1 is 1.37 bits per heavy atom. The zero-order chi connectivity index (χ0) is 13.9. The SMILES string of the molecule is CN(C)c1cccc(C(=O)NC2(C#N)CCCC2)c1. The number of hydrogen-bond donors (Lipinski definition) is 1. The second kappa shape index (κ2) is 5.31. The molecule has 0 heterocycles. The number of nitriles is 1. The van der Waals surface area contributed by atoms with Gasteiger partial charge in [0.25, 0.3) is 5.91 Å². The van der Waals surface area contributed by atoms with E-state index in [1.165, 1.54) is 0 Å². The minimum atomic E-state index is -0.662. The van der Waals surface area contributed by atoms with Crippen molar-refractivity contribution in [2.75, 3.05) is 19.0 Å². The van der Waals surface area contributed by atoms with Gasteiger partial charge in [-0.05, 0) is 43.9 Å². The van der Waals surface area contributed by atoms with Crippen molar-refractivity contribution >= 4 is 11.6 Å². The van der Waals surface area contributed by atoms with Gasteiger partial charge < -0.3 is 10.2 Å². The first kappa shape index (κ1) is 13.4. The molecule has 0 spiro atoms. The zero-order valence-electron chi connectivity index (χ0n) is 11.4. The first-order valence-corrected chi connectivity index (χ1v) is 6.57. The molecule has 1 fully saturated rings. The van der Waals surface area contributed by atoms with Gasteiger partial charge >= 0.3 is 0 Å². The molecule has 1 amide bonds. The second-order valence-corrected chi connectivity index (χ2v) is 5.30. The summed E-state index contributed by atoms with van der Waals surface area (Å²) in [6.07, 6.45) is 3.52. The molecule has 0 unspecified atom stereocenters. The minimum absolute atomic E-state index is 0.160. The molecule has 2 rings (SSSR count). The van der Waals surface area contributed by atoms with Crippen LogP contribution in [-0.2, 0) is 0 Å². The van der Waals surface area contributed by atoms with E-state index in [1.54, 1.807) is 6.07 Å². The van der Waals surface area contributed by atoms with Crippen LogP contribution in [0.15, 0.2) is 24.3 Å². The highest BCUT2D eigenvalue weighted by Crippen LogP contribution is 2.29. The molecule has 1 aliphatic rings. The number of carbonyl (C=O) groups is 1. The van der Waals surface area contributed by atoms with E-state index < -0.39 is 5.54 Å². The standard InChI is InChI=1S/C15H19N3O/c1-18(2)13-7-5-6-12(10-13)14(19)17-15(11-16)8-3-4-9-15/h5-7,10H,3-4,8-9H2,1-2H3,(H,17,19). The fraction of sp³-hybridized carbons (Fsp3) is 0.467. The van der Waals surface area contributed by atoms with E-state index in [9.17, 15) is 10.1 Å². The van der Waals surface area contributed by atoms with Crippen LogP contribution in [0.2, 0.25) is 0 Å². The lowest BCUT2D eigenvalue weighted by Gasteiger charge is -2.22. The van der Waals surface area contributed by atoms with Crippen LogP contribution >= 0.6 is 0 Å². The summed E-state index contributed by atoms with van der Waals surface area (Å²) in [7, 11) is 3.87. The van der Waals surface area contributed by atoms with E-state index in [1.807, 2.05) is 37.2 Å². The van der Waals surface area contributed by atoms with Crippen molar-refractivity contribution in [2.45, 2.75) is 31.2 Å². The number of hydrogen-bond acceptors (Lipinski definition) is 3. The fourth-order valence-electron chi connectivity index (χ4n) is 2.46. The van der Waals surface area contributed by atoms with Gasteiger partial charge in [0.05, 0.1) is 6.07 Å². The molecule has 1 aliphatic carbocycles. The predicted octanol–water partition coefficient (Wildman–Crippen LogP) is 2.32. The Kier molecular flexibility index (Phi) is 3.75. The predicted molar refractivity (Wildman–Crippen MR) is 75.0 cm³/mol.